The summed E-state index contributed by atoms with van der Waals surface area (Å²) in [5, 5.41) is 10.0. The number of halogens is 3. The Kier molecular flexibility index (Phi) is 5.02. The van der Waals surface area contributed by atoms with E-state index in [1.54, 1.807) is 0 Å². The molecular formula is C15H17F3N2O4. The Bertz CT molecular complexity index is 618. The number of benzene rings is 1. The van der Waals surface area contributed by atoms with Crippen LogP contribution in [0.15, 0.2) is 24.3 Å². The minimum Gasteiger partial charge on any atom is -0.484 e. The van der Waals surface area contributed by atoms with Crippen LogP contribution in [-0.2, 0) is 15.8 Å². The zero-order valence-electron chi connectivity index (χ0n) is 12.7. The summed E-state index contributed by atoms with van der Waals surface area (Å²) in [6.45, 7) is -0.303. The fourth-order valence-corrected chi connectivity index (χ4v) is 2.43. The van der Waals surface area contributed by atoms with Gasteiger partial charge in [0.25, 0.3) is 11.8 Å². The highest BCUT2D eigenvalue weighted by molar-refractivity contribution is 5.85. The minimum atomic E-state index is -4.44. The fourth-order valence-electron chi connectivity index (χ4n) is 2.43. The lowest BCUT2D eigenvalue weighted by atomic mass is 9.92. The number of nitrogens with two attached hydrogens (primary N) is 1. The van der Waals surface area contributed by atoms with Gasteiger partial charge in [-0.25, -0.2) is 0 Å². The second kappa shape index (κ2) is 6.68. The standard InChI is InChI=1S/C15H17F3N2O4/c16-15(17,18)10-2-4-11(5-3-10)24-8-12(21)20-7-1-6-14(23,9-20)13(19)22/h2-5,23H,1,6-9H2,(H2,19,22)/t14-/m1/s1. The van der Waals surface area contributed by atoms with Crippen LogP contribution in [-0.4, -0.2) is 47.1 Å². The van der Waals surface area contributed by atoms with Crippen LogP contribution >= 0.6 is 0 Å². The van der Waals surface area contributed by atoms with Gasteiger partial charge in [0.2, 0.25) is 0 Å². The number of carbonyl (C=O) groups is 2. The molecule has 2 amide bonds. The molecule has 1 aliphatic rings. The van der Waals surface area contributed by atoms with Crippen molar-refractivity contribution in [1.29, 1.82) is 0 Å². The third kappa shape index (κ3) is 4.16. The Labute approximate surface area is 136 Å². The van der Waals surface area contributed by atoms with E-state index in [2.05, 4.69) is 0 Å². The van der Waals surface area contributed by atoms with Crippen LogP contribution in [0.1, 0.15) is 18.4 Å². The number of nitrogens with zero attached hydrogens (tertiary/aromatic N) is 1. The van der Waals surface area contributed by atoms with Gasteiger partial charge < -0.3 is 20.5 Å². The van der Waals surface area contributed by atoms with Gasteiger partial charge in [-0.3, -0.25) is 9.59 Å². The third-order valence-corrected chi connectivity index (χ3v) is 3.83. The number of primary amides is 1. The first-order valence-corrected chi connectivity index (χ1v) is 7.22. The van der Waals surface area contributed by atoms with Gasteiger partial charge in [-0.15, -0.1) is 0 Å². The Hall–Kier alpha value is -2.29. The summed E-state index contributed by atoms with van der Waals surface area (Å²) in [5.41, 5.74) is 2.55. The molecule has 1 atom stereocenters. The largest absolute Gasteiger partial charge is 0.484 e. The van der Waals surface area contributed by atoms with Gasteiger partial charge >= 0.3 is 6.18 Å². The van der Waals surface area contributed by atoms with Crippen molar-refractivity contribution in [3.05, 3.63) is 29.8 Å². The maximum absolute atomic E-state index is 12.5. The Morgan fingerprint density at radius 2 is 1.92 bits per heavy atom. The average Bonchev–Trinajstić information content (AvgIpc) is 2.52. The molecule has 0 bridgehead atoms. The Morgan fingerprint density at radius 3 is 2.46 bits per heavy atom. The summed E-state index contributed by atoms with van der Waals surface area (Å²) in [6, 6.07) is 3.94. The monoisotopic (exact) mass is 346 g/mol. The molecule has 3 N–H and O–H groups in total. The molecule has 2 rings (SSSR count). The number of rotatable bonds is 4. The van der Waals surface area contributed by atoms with Crippen LogP contribution in [0.4, 0.5) is 13.2 Å². The summed E-state index contributed by atoms with van der Waals surface area (Å²) < 4.78 is 42.5. The molecule has 1 saturated heterocycles. The van der Waals surface area contributed by atoms with Crippen LogP contribution in [0.25, 0.3) is 0 Å². The maximum Gasteiger partial charge on any atom is 0.416 e. The number of piperidine rings is 1. The second-order valence-corrected chi connectivity index (χ2v) is 5.63. The lowest BCUT2D eigenvalue weighted by Crippen LogP contribution is -2.57. The first-order chi connectivity index (χ1) is 11.1. The molecule has 1 heterocycles. The second-order valence-electron chi connectivity index (χ2n) is 5.63. The molecule has 0 unspecified atom stereocenters. The van der Waals surface area contributed by atoms with E-state index in [1.807, 2.05) is 0 Å². The van der Waals surface area contributed by atoms with E-state index >= 15 is 0 Å². The maximum atomic E-state index is 12.5. The number of hydrogen-bond acceptors (Lipinski definition) is 4. The molecule has 0 aliphatic carbocycles. The number of carbonyl (C=O) groups excluding carboxylic acids is 2. The molecule has 24 heavy (non-hydrogen) atoms. The smallest absolute Gasteiger partial charge is 0.416 e. The van der Waals surface area contributed by atoms with Gasteiger partial charge in [-0.1, -0.05) is 0 Å². The lowest BCUT2D eigenvalue weighted by Gasteiger charge is -2.36. The van der Waals surface area contributed by atoms with Gasteiger partial charge in [0.1, 0.15) is 5.75 Å². The molecule has 9 heteroatoms. The van der Waals surface area contributed by atoms with Gasteiger partial charge in [0, 0.05) is 6.54 Å². The highest BCUT2D eigenvalue weighted by atomic mass is 19.4. The molecule has 1 aromatic carbocycles. The first kappa shape index (κ1) is 18.1. The van der Waals surface area contributed by atoms with E-state index in [9.17, 15) is 27.9 Å². The number of amides is 2. The number of ether oxygens (including phenoxy) is 1. The Morgan fingerprint density at radius 1 is 1.29 bits per heavy atom. The highest BCUT2D eigenvalue weighted by Crippen LogP contribution is 2.30. The summed E-state index contributed by atoms with van der Waals surface area (Å²) in [5.74, 6) is -1.28. The van der Waals surface area contributed by atoms with Gasteiger partial charge in [0.15, 0.2) is 12.2 Å². The number of aliphatic hydroxyl groups is 1. The molecule has 1 fully saturated rings. The van der Waals surface area contributed by atoms with Crippen molar-refractivity contribution < 1.29 is 32.6 Å². The summed E-state index contributed by atoms with van der Waals surface area (Å²) in [7, 11) is 0. The average molecular weight is 346 g/mol. The van der Waals surface area contributed by atoms with Crippen molar-refractivity contribution in [3.8, 4) is 5.75 Å². The van der Waals surface area contributed by atoms with Crippen molar-refractivity contribution in [3.63, 3.8) is 0 Å². The fraction of sp³-hybridized carbons (Fsp3) is 0.467. The van der Waals surface area contributed by atoms with Crippen molar-refractivity contribution in [2.45, 2.75) is 24.6 Å². The normalized spacial score (nSPS) is 21.4. The first-order valence-electron chi connectivity index (χ1n) is 7.22. The molecule has 0 spiro atoms. The predicted octanol–water partition coefficient (Wildman–Crippen LogP) is 0.923. The molecule has 1 aromatic rings. The number of likely N-dealkylation sites (tertiary alicyclic amines) is 1. The molecule has 6 nitrogen and oxygen atoms in total. The van der Waals surface area contributed by atoms with Crippen LogP contribution in [0, 0.1) is 0 Å². The lowest BCUT2D eigenvalue weighted by molar-refractivity contribution is -0.150. The van der Waals surface area contributed by atoms with Crippen LogP contribution in [0.2, 0.25) is 0 Å². The van der Waals surface area contributed by atoms with Gasteiger partial charge in [-0.2, -0.15) is 13.2 Å². The van der Waals surface area contributed by atoms with Crippen molar-refractivity contribution in [2.24, 2.45) is 5.73 Å². The van der Waals surface area contributed by atoms with Crippen LogP contribution < -0.4 is 10.5 Å². The molecule has 0 saturated carbocycles. The van der Waals surface area contributed by atoms with E-state index in [0.29, 0.717) is 13.0 Å². The zero-order chi connectivity index (χ0) is 18.0. The quantitative estimate of drug-likeness (QED) is 0.848. The van der Waals surface area contributed by atoms with E-state index in [1.165, 1.54) is 4.90 Å². The third-order valence-electron chi connectivity index (χ3n) is 3.83. The van der Waals surface area contributed by atoms with Crippen molar-refractivity contribution >= 4 is 11.8 Å². The highest BCUT2D eigenvalue weighted by Gasteiger charge is 2.40. The van der Waals surface area contributed by atoms with E-state index < -0.39 is 35.8 Å². The summed E-state index contributed by atoms with van der Waals surface area (Å²) in [4.78, 5) is 24.6. The van der Waals surface area contributed by atoms with E-state index in [4.69, 9.17) is 10.5 Å². The molecule has 1 aliphatic heterocycles. The SMILES string of the molecule is NC(=O)[C@@]1(O)CCCN(C(=O)COc2ccc(C(F)(F)F)cc2)C1. The minimum absolute atomic E-state index is 0.110. The zero-order valence-corrected chi connectivity index (χ0v) is 12.7. The van der Waals surface area contributed by atoms with Crippen molar-refractivity contribution in [1.82, 2.24) is 4.90 Å². The van der Waals surface area contributed by atoms with E-state index in [0.717, 1.165) is 24.3 Å². The number of alkyl halides is 3. The topological polar surface area (TPSA) is 92.9 Å². The molecule has 0 aromatic heterocycles. The molecule has 0 radical (unpaired) electrons. The molecule has 132 valence electrons. The number of β-amino-alcohol motifs (C(OH)–C–C–N with tert-alkyl or cyclic N) is 1. The van der Waals surface area contributed by atoms with E-state index in [-0.39, 0.29) is 18.7 Å². The number of hydrogen-bond donors (Lipinski definition) is 2. The van der Waals surface area contributed by atoms with Crippen LogP contribution in [0.5, 0.6) is 5.75 Å². The van der Waals surface area contributed by atoms with Gasteiger partial charge in [0.05, 0.1) is 12.1 Å². The Balaban J connectivity index is 1.92. The summed E-state index contributed by atoms with van der Waals surface area (Å²) in [6.07, 6.45) is -3.86. The van der Waals surface area contributed by atoms with Crippen LogP contribution in [0.3, 0.4) is 0 Å². The predicted molar refractivity (Wildman–Crippen MR) is 76.9 cm³/mol. The summed E-state index contributed by atoms with van der Waals surface area (Å²) >= 11 is 0. The molecular weight excluding hydrogens is 329 g/mol. The van der Waals surface area contributed by atoms with Gasteiger partial charge in [-0.05, 0) is 37.1 Å². The van der Waals surface area contributed by atoms with Crippen molar-refractivity contribution in [2.75, 3.05) is 19.7 Å².